The van der Waals surface area contributed by atoms with Crippen molar-refractivity contribution >= 4 is 17.4 Å². The highest BCUT2D eigenvalue weighted by molar-refractivity contribution is 5.92. The van der Waals surface area contributed by atoms with E-state index in [0.717, 1.165) is 30.9 Å². The highest BCUT2D eigenvalue weighted by atomic mass is 16.1. The van der Waals surface area contributed by atoms with Crippen molar-refractivity contribution in [2.75, 3.05) is 23.3 Å². The predicted molar refractivity (Wildman–Crippen MR) is 79.8 cm³/mol. The highest BCUT2D eigenvalue weighted by Crippen LogP contribution is 2.22. The van der Waals surface area contributed by atoms with E-state index < -0.39 is 0 Å². The van der Waals surface area contributed by atoms with Gasteiger partial charge < -0.3 is 10.2 Å². The van der Waals surface area contributed by atoms with Crippen LogP contribution in [-0.2, 0) is 4.79 Å². The topological polar surface area (TPSA) is 71.0 Å². The molecule has 2 aromatic heterocycles. The Kier molecular flexibility index (Phi) is 4.04. The largest absolute Gasteiger partial charge is 0.355 e. The van der Waals surface area contributed by atoms with Gasteiger partial charge in [-0.25, -0.2) is 4.98 Å². The maximum atomic E-state index is 12.4. The minimum absolute atomic E-state index is 0.0334. The van der Waals surface area contributed by atoms with Gasteiger partial charge in [0.1, 0.15) is 5.82 Å². The summed E-state index contributed by atoms with van der Waals surface area (Å²) in [6.07, 6.45) is 10.3. The van der Waals surface area contributed by atoms with Crippen molar-refractivity contribution in [3.05, 3.63) is 43.1 Å². The molecule has 1 aliphatic rings. The minimum Gasteiger partial charge on any atom is -0.355 e. The van der Waals surface area contributed by atoms with E-state index >= 15 is 0 Å². The first-order chi connectivity index (χ1) is 10.3. The number of anilines is 2. The molecule has 3 heterocycles. The first-order valence-corrected chi connectivity index (χ1v) is 7.05. The number of rotatable bonds is 3. The Morgan fingerprint density at radius 3 is 2.81 bits per heavy atom. The van der Waals surface area contributed by atoms with Gasteiger partial charge >= 0.3 is 0 Å². The molecule has 0 aromatic carbocycles. The third kappa shape index (κ3) is 3.34. The zero-order valence-corrected chi connectivity index (χ0v) is 11.6. The van der Waals surface area contributed by atoms with Crippen LogP contribution in [-0.4, -0.2) is 33.9 Å². The minimum atomic E-state index is -0.0334. The standard InChI is InChI=1S/C15H17N5O/c21-15(19-13-3-5-16-6-4-13)12-2-1-9-20(11-12)14-10-17-7-8-18-14/h3-8,10,12H,1-2,9,11H2,(H,16,19,21)/t12-/m0/s1. The van der Waals surface area contributed by atoms with Gasteiger partial charge in [-0.1, -0.05) is 0 Å². The normalized spacial score (nSPS) is 18.3. The Morgan fingerprint density at radius 1 is 1.19 bits per heavy atom. The van der Waals surface area contributed by atoms with Crippen molar-refractivity contribution in [3.8, 4) is 0 Å². The Hall–Kier alpha value is -2.50. The van der Waals surface area contributed by atoms with E-state index in [4.69, 9.17) is 0 Å². The number of pyridine rings is 1. The number of hydrogen-bond acceptors (Lipinski definition) is 5. The van der Waals surface area contributed by atoms with E-state index in [1.807, 2.05) is 0 Å². The lowest BCUT2D eigenvalue weighted by atomic mass is 9.97. The molecule has 0 spiro atoms. The average molecular weight is 283 g/mol. The molecule has 0 aliphatic carbocycles. The molecule has 21 heavy (non-hydrogen) atoms. The van der Waals surface area contributed by atoms with Crippen LogP contribution in [0.4, 0.5) is 11.5 Å². The van der Waals surface area contributed by atoms with E-state index in [-0.39, 0.29) is 11.8 Å². The second kappa shape index (κ2) is 6.30. The van der Waals surface area contributed by atoms with Crippen LogP contribution in [0.2, 0.25) is 0 Å². The lowest BCUT2D eigenvalue weighted by molar-refractivity contribution is -0.120. The van der Waals surface area contributed by atoms with Crippen LogP contribution >= 0.6 is 0 Å². The molecule has 1 atom stereocenters. The monoisotopic (exact) mass is 283 g/mol. The number of amides is 1. The van der Waals surface area contributed by atoms with Crippen LogP contribution in [0.1, 0.15) is 12.8 Å². The first-order valence-electron chi connectivity index (χ1n) is 7.05. The lowest BCUT2D eigenvalue weighted by Gasteiger charge is -2.32. The molecular formula is C15H17N5O. The number of nitrogens with one attached hydrogen (secondary N) is 1. The molecule has 2 aromatic rings. The summed E-state index contributed by atoms with van der Waals surface area (Å²) in [6, 6.07) is 3.59. The summed E-state index contributed by atoms with van der Waals surface area (Å²) in [5.41, 5.74) is 0.784. The molecule has 3 rings (SSSR count). The molecule has 0 saturated carbocycles. The lowest BCUT2D eigenvalue weighted by Crippen LogP contribution is -2.41. The van der Waals surface area contributed by atoms with Gasteiger partial charge in [-0.3, -0.25) is 14.8 Å². The molecule has 6 heteroatoms. The summed E-state index contributed by atoms with van der Waals surface area (Å²) in [6.45, 7) is 1.59. The van der Waals surface area contributed by atoms with Crippen molar-refractivity contribution in [2.45, 2.75) is 12.8 Å². The van der Waals surface area contributed by atoms with Gasteiger partial charge in [0.25, 0.3) is 0 Å². The Labute approximate surface area is 123 Å². The maximum absolute atomic E-state index is 12.4. The zero-order chi connectivity index (χ0) is 14.5. The number of carbonyl (C=O) groups is 1. The summed E-state index contributed by atoms with van der Waals surface area (Å²) in [4.78, 5) is 26.8. The van der Waals surface area contributed by atoms with E-state index in [1.54, 1.807) is 43.1 Å². The van der Waals surface area contributed by atoms with Gasteiger partial charge in [0.2, 0.25) is 5.91 Å². The smallest absolute Gasteiger partial charge is 0.229 e. The molecular weight excluding hydrogens is 266 g/mol. The second-order valence-corrected chi connectivity index (χ2v) is 5.07. The summed E-state index contributed by atoms with van der Waals surface area (Å²) in [5.74, 6) is 0.850. The van der Waals surface area contributed by atoms with E-state index in [1.165, 1.54) is 0 Å². The third-order valence-electron chi connectivity index (χ3n) is 3.61. The van der Waals surface area contributed by atoms with Crippen LogP contribution in [0.15, 0.2) is 43.1 Å². The Bertz CT molecular complexity index is 590. The van der Waals surface area contributed by atoms with Crippen molar-refractivity contribution in [3.63, 3.8) is 0 Å². The predicted octanol–water partition coefficient (Wildman–Crippen LogP) is 1.73. The van der Waals surface area contributed by atoms with Crippen molar-refractivity contribution in [1.82, 2.24) is 15.0 Å². The average Bonchev–Trinajstić information content (AvgIpc) is 2.57. The van der Waals surface area contributed by atoms with E-state index in [9.17, 15) is 4.79 Å². The van der Waals surface area contributed by atoms with Crippen LogP contribution in [0.5, 0.6) is 0 Å². The Morgan fingerprint density at radius 2 is 2.05 bits per heavy atom. The third-order valence-corrected chi connectivity index (χ3v) is 3.61. The fourth-order valence-electron chi connectivity index (χ4n) is 2.53. The van der Waals surface area contributed by atoms with Gasteiger partial charge in [0.15, 0.2) is 0 Å². The SMILES string of the molecule is O=C(Nc1ccncc1)[C@H]1CCCN(c2cnccn2)C1. The van der Waals surface area contributed by atoms with E-state index in [2.05, 4.69) is 25.2 Å². The zero-order valence-electron chi connectivity index (χ0n) is 11.6. The molecule has 1 amide bonds. The molecule has 0 unspecified atom stereocenters. The summed E-state index contributed by atoms with van der Waals surface area (Å²) >= 11 is 0. The van der Waals surface area contributed by atoms with Gasteiger partial charge in [0, 0.05) is 43.6 Å². The van der Waals surface area contributed by atoms with E-state index in [0.29, 0.717) is 6.54 Å². The molecule has 108 valence electrons. The molecule has 0 radical (unpaired) electrons. The maximum Gasteiger partial charge on any atom is 0.229 e. The Balaban J connectivity index is 1.64. The number of carbonyl (C=O) groups excluding carboxylic acids is 1. The molecule has 1 saturated heterocycles. The van der Waals surface area contributed by atoms with Crippen LogP contribution in [0.25, 0.3) is 0 Å². The van der Waals surface area contributed by atoms with Crippen molar-refractivity contribution < 1.29 is 4.79 Å². The van der Waals surface area contributed by atoms with Crippen molar-refractivity contribution in [2.24, 2.45) is 5.92 Å². The van der Waals surface area contributed by atoms with Gasteiger partial charge in [-0.05, 0) is 25.0 Å². The number of hydrogen-bond donors (Lipinski definition) is 1. The quantitative estimate of drug-likeness (QED) is 0.928. The fourth-order valence-corrected chi connectivity index (χ4v) is 2.53. The summed E-state index contributed by atoms with van der Waals surface area (Å²) in [7, 11) is 0. The summed E-state index contributed by atoms with van der Waals surface area (Å²) < 4.78 is 0. The molecule has 1 fully saturated rings. The van der Waals surface area contributed by atoms with Gasteiger partial charge in [-0.2, -0.15) is 0 Å². The van der Waals surface area contributed by atoms with Crippen LogP contribution < -0.4 is 10.2 Å². The fraction of sp³-hybridized carbons (Fsp3) is 0.333. The molecule has 0 bridgehead atoms. The van der Waals surface area contributed by atoms with Gasteiger partial charge in [0.05, 0.1) is 12.1 Å². The molecule has 6 nitrogen and oxygen atoms in total. The number of piperidine rings is 1. The van der Waals surface area contributed by atoms with Crippen molar-refractivity contribution in [1.29, 1.82) is 0 Å². The molecule has 1 N–H and O–H groups in total. The van der Waals surface area contributed by atoms with Gasteiger partial charge in [-0.15, -0.1) is 0 Å². The molecule has 1 aliphatic heterocycles. The summed E-state index contributed by atoms with van der Waals surface area (Å²) in [5, 5.41) is 2.94. The van der Waals surface area contributed by atoms with Crippen LogP contribution in [0.3, 0.4) is 0 Å². The van der Waals surface area contributed by atoms with Crippen LogP contribution in [0, 0.1) is 5.92 Å². The second-order valence-electron chi connectivity index (χ2n) is 5.07. The number of nitrogens with zero attached hydrogens (tertiary/aromatic N) is 4. The highest BCUT2D eigenvalue weighted by Gasteiger charge is 2.26. The number of aromatic nitrogens is 3. The first kappa shape index (κ1) is 13.5.